The van der Waals surface area contributed by atoms with Crippen LogP contribution in [0.5, 0.6) is 0 Å². The molecule has 1 N–H and O–H groups in total. The molecule has 0 aliphatic carbocycles. The average molecular weight is 518 g/mol. The highest BCUT2D eigenvalue weighted by Gasteiger charge is 2.30. The van der Waals surface area contributed by atoms with Crippen molar-refractivity contribution in [3.05, 3.63) is 87.9 Å². The van der Waals surface area contributed by atoms with E-state index >= 15 is 0 Å². The van der Waals surface area contributed by atoms with Crippen molar-refractivity contribution < 1.29 is 23.9 Å². The van der Waals surface area contributed by atoms with Gasteiger partial charge in [0, 0.05) is 5.56 Å². The predicted octanol–water partition coefficient (Wildman–Crippen LogP) is 5.82. The Morgan fingerprint density at radius 1 is 0.865 bits per heavy atom. The van der Waals surface area contributed by atoms with E-state index in [-0.39, 0.29) is 28.7 Å². The van der Waals surface area contributed by atoms with E-state index in [4.69, 9.17) is 14.6 Å². The van der Waals surface area contributed by atoms with Gasteiger partial charge in [-0.25, -0.2) is 14.3 Å². The number of thiophene rings is 1. The summed E-state index contributed by atoms with van der Waals surface area (Å²) < 4.78 is 12.1. The van der Waals surface area contributed by atoms with Crippen molar-refractivity contribution in [3.8, 4) is 16.9 Å². The van der Waals surface area contributed by atoms with Crippen LogP contribution in [0, 0.1) is 13.8 Å². The summed E-state index contributed by atoms with van der Waals surface area (Å²) >= 11 is 0.988. The molecule has 0 atom stereocenters. The molecule has 0 bridgehead atoms. The Bertz CT molecular complexity index is 1440. The van der Waals surface area contributed by atoms with Gasteiger partial charge in [-0.1, -0.05) is 48.5 Å². The molecular formula is C28H27N3O5S. The molecule has 0 saturated heterocycles. The van der Waals surface area contributed by atoms with Gasteiger partial charge in [-0.2, -0.15) is 5.10 Å². The molecule has 9 heteroatoms. The third-order valence-corrected chi connectivity index (χ3v) is 6.89. The molecule has 4 aromatic rings. The van der Waals surface area contributed by atoms with Crippen molar-refractivity contribution in [1.82, 2.24) is 9.78 Å². The molecule has 0 fully saturated rings. The number of ether oxygens (including phenoxy) is 2. The number of hydrogen-bond acceptors (Lipinski definition) is 7. The standard InChI is InChI=1S/C28H27N3O5S/c1-5-35-27(33)21-17(3)24(28(34)36-6-2)37-26(21)29-25(32)22-18(4)31(20-15-11-8-12-16-20)30-23(22)19-13-9-7-10-14-19/h7-16H,5-6H2,1-4H3,(H,29,32). The van der Waals surface area contributed by atoms with Crippen molar-refractivity contribution in [1.29, 1.82) is 0 Å². The fraction of sp³-hybridized carbons (Fsp3) is 0.214. The second kappa shape index (κ2) is 11.2. The van der Waals surface area contributed by atoms with Gasteiger partial charge in [0.15, 0.2) is 0 Å². The number of para-hydroxylation sites is 1. The van der Waals surface area contributed by atoms with Gasteiger partial charge in [-0.05, 0) is 45.4 Å². The summed E-state index contributed by atoms with van der Waals surface area (Å²) in [6.45, 7) is 7.18. The van der Waals surface area contributed by atoms with E-state index in [9.17, 15) is 14.4 Å². The Kier molecular flexibility index (Phi) is 7.83. The number of hydrogen-bond donors (Lipinski definition) is 1. The van der Waals surface area contributed by atoms with Crippen LogP contribution in [0.3, 0.4) is 0 Å². The lowest BCUT2D eigenvalue weighted by Crippen LogP contribution is -2.16. The number of nitrogens with one attached hydrogen (secondary N) is 1. The molecule has 1 amide bonds. The molecular weight excluding hydrogens is 490 g/mol. The van der Waals surface area contributed by atoms with E-state index in [0.717, 1.165) is 22.6 Å². The fourth-order valence-corrected chi connectivity index (χ4v) is 5.08. The minimum atomic E-state index is -0.623. The summed E-state index contributed by atoms with van der Waals surface area (Å²) in [6, 6.07) is 18.9. The number of esters is 2. The monoisotopic (exact) mass is 517 g/mol. The number of nitrogens with zero attached hydrogens (tertiary/aromatic N) is 2. The van der Waals surface area contributed by atoms with E-state index in [1.165, 1.54) is 0 Å². The molecule has 0 aliphatic rings. The average Bonchev–Trinajstić information content (AvgIpc) is 3.42. The first-order chi connectivity index (χ1) is 17.9. The Labute approximate surface area is 218 Å². The van der Waals surface area contributed by atoms with Gasteiger partial charge < -0.3 is 14.8 Å². The Hall–Kier alpha value is -4.24. The predicted molar refractivity (Wildman–Crippen MR) is 143 cm³/mol. The molecule has 0 saturated carbocycles. The van der Waals surface area contributed by atoms with Crippen LogP contribution in [-0.2, 0) is 9.47 Å². The van der Waals surface area contributed by atoms with E-state index in [1.54, 1.807) is 25.5 Å². The molecule has 2 aromatic heterocycles. The highest BCUT2D eigenvalue weighted by atomic mass is 32.1. The number of benzene rings is 2. The first-order valence-corrected chi connectivity index (χ1v) is 12.7. The summed E-state index contributed by atoms with van der Waals surface area (Å²) in [5.41, 5.74) is 3.59. The second-order valence-corrected chi connectivity index (χ2v) is 9.10. The first-order valence-electron chi connectivity index (χ1n) is 11.9. The SMILES string of the molecule is CCOC(=O)c1sc(NC(=O)c2c(-c3ccccc3)nn(-c3ccccc3)c2C)c(C(=O)OCC)c1C. The zero-order valence-electron chi connectivity index (χ0n) is 21.0. The van der Waals surface area contributed by atoms with Gasteiger partial charge in [0.2, 0.25) is 0 Å². The minimum Gasteiger partial charge on any atom is -0.462 e. The van der Waals surface area contributed by atoms with Gasteiger partial charge in [-0.15, -0.1) is 11.3 Å². The van der Waals surface area contributed by atoms with Crippen molar-refractivity contribution in [2.24, 2.45) is 0 Å². The second-order valence-electron chi connectivity index (χ2n) is 8.08. The zero-order chi connectivity index (χ0) is 26.5. The number of carbonyl (C=O) groups excluding carboxylic acids is 3. The van der Waals surface area contributed by atoms with Crippen molar-refractivity contribution in [3.63, 3.8) is 0 Å². The number of carbonyl (C=O) groups is 3. The van der Waals surface area contributed by atoms with Crippen LogP contribution in [0.2, 0.25) is 0 Å². The Balaban J connectivity index is 1.82. The normalized spacial score (nSPS) is 10.7. The van der Waals surface area contributed by atoms with Gasteiger partial charge in [-0.3, -0.25) is 4.79 Å². The molecule has 2 heterocycles. The maximum atomic E-state index is 13.8. The minimum absolute atomic E-state index is 0.137. The summed E-state index contributed by atoms with van der Waals surface area (Å²) in [6.07, 6.45) is 0. The van der Waals surface area contributed by atoms with Gasteiger partial charge in [0.05, 0.1) is 35.7 Å². The lowest BCUT2D eigenvalue weighted by molar-refractivity contribution is 0.0527. The van der Waals surface area contributed by atoms with E-state index in [0.29, 0.717) is 22.5 Å². The van der Waals surface area contributed by atoms with Crippen LogP contribution >= 0.6 is 11.3 Å². The van der Waals surface area contributed by atoms with E-state index in [1.807, 2.05) is 67.6 Å². The van der Waals surface area contributed by atoms with Crippen LogP contribution in [0.4, 0.5) is 5.00 Å². The molecule has 37 heavy (non-hydrogen) atoms. The quantitative estimate of drug-likeness (QED) is 0.296. The van der Waals surface area contributed by atoms with Crippen LogP contribution in [-0.4, -0.2) is 40.8 Å². The first kappa shape index (κ1) is 25.8. The van der Waals surface area contributed by atoms with Crippen LogP contribution in [0.15, 0.2) is 60.7 Å². The third-order valence-electron chi connectivity index (χ3n) is 5.71. The van der Waals surface area contributed by atoms with Crippen LogP contribution in [0.25, 0.3) is 16.9 Å². The maximum Gasteiger partial charge on any atom is 0.348 e. The lowest BCUT2D eigenvalue weighted by Gasteiger charge is -2.09. The molecule has 2 aromatic carbocycles. The van der Waals surface area contributed by atoms with Gasteiger partial charge in [0.25, 0.3) is 5.91 Å². The third kappa shape index (κ3) is 5.17. The molecule has 190 valence electrons. The maximum absolute atomic E-state index is 13.8. The molecule has 0 spiro atoms. The smallest absolute Gasteiger partial charge is 0.348 e. The highest BCUT2D eigenvalue weighted by molar-refractivity contribution is 7.18. The molecule has 8 nitrogen and oxygen atoms in total. The summed E-state index contributed by atoms with van der Waals surface area (Å²) in [7, 11) is 0. The zero-order valence-corrected chi connectivity index (χ0v) is 21.8. The van der Waals surface area contributed by atoms with Crippen molar-refractivity contribution in [2.75, 3.05) is 18.5 Å². The fourth-order valence-electron chi connectivity index (χ4n) is 4.00. The van der Waals surface area contributed by atoms with Crippen LogP contribution < -0.4 is 5.32 Å². The molecule has 0 unspecified atom stereocenters. The van der Waals surface area contributed by atoms with Crippen molar-refractivity contribution in [2.45, 2.75) is 27.7 Å². The number of amides is 1. The summed E-state index contributed by atoms with van der Waals surface area (Å²) in [5.74, 6) is -1.64. The van der Waals surface area contributed by atoms with Gasteiger partial charge >= 0.3 is 11.9 Å². The number of rotatable bonds is 8. The molecule has 4 rings (SSSR count). The Morgan fingerprint density at radius 3 is 2.08 bits per heavy atom. The largest absolute Gasteiger partial charge is 0.462 e. The highest BCUT2D eigenvalue weighted by Crippen LogP contribution is 2.36. The van der Waals surface area contributed by atoms with Crippen molar-refractivity contribution >= 4 is 34.2 Å². The number of aromatic nitrogens is 2. The summed E-state index contributed by atoms with van der Waals surface area (Å²) in [5, 5.41) is 7.84. The van der Waals surface area contributed by atoms with E-state index in [2.05, 4.69) is 5.32 Å². The summed E-state index contributed by atoms with van der Waals surface area (Å²) in [4.78, 5) is 39.4. The van der Waals surface area contributed by atoms with Gasteiger partial charge in [0.1, 0.15) is 15.6 Å². The topological polar surface area (TPSA) is 99.5 Å². The van der Waals surface area contributed by atoms with E-state index < -0.39 is 17.8 Å². The molecule has 0 aliphatic heterocycles. The molecule has 0 radical (unpaired) electrons. The Morgan fingerprint density at radius 2 is 1.46 bits per heavy atom. The number of anilines is 1. The van der Waals surface area contributed by atoms with Crippen LogP contribution in [0.1, 0.15) is 55.5 Å². The lowest BCUT2D eigenvalue weighted by atomic mass is 10.1.